The summed E-state index contributed by atoms with van der Waals surface area (Å²) in [6.07, 6.45) is 1.69. The van der Waals surface area contributed by atoms with Gasteiger partial charge < -0.3 is 15.7 Å². The van der Waals surface area contributed by atoms with Gasteiger partial charge in [0, 0.05) is 30.5 Å². The lowest BCUT2D eigenvalue weighted by molar-refractivity contribution is -0.131. The van der Waals surface area contributed by atoms with Gasteiger partial charge in [-0.25, -0.2) is 4.79 Å². The van der Waals surface area contributed by atoms with Crippen LogP contribution in [0, 0.1) is 6.92 Å². The maximum absolute atomic E-state index is 11.4. The highest BCUT2D eigenvalue weighted by molar-refractivity contribution is 6.02. The molecule has 1 rings (SSSR count). The fourth-order valence-corrected chi connectivity index (χ4v) is 1.40. The van der Waals surface area contributed by atoms with Crippen molar-refractivity contribution in [2.45, 2.75) is 13.8 Å². The lowest BCUT2D eigenvalue weighted by Gasteiger charge is -2.09. The molecular weight excluding hydrogens is 248 g/mol. The second-order valence-electron chi connectivity index (χ2n) is 3.87. The minimum absolute atomic E-state index is 0.177. The number of rotatable bonds is 4. The minimum Gasteiger partial charge on any atom is -0.478 e. The maximum atomic E-state index is 11.4. The van der Waals surface area contributed by atoms with E-state index in [1.54, 1.807) is 25.1 Å². The molecule has 0 fully saturated rings. The van der Waals surface area contributed by atoms with Gasteiger partial charge in [0.25, 0.3) is 0 Å². The van der Waals surface area contributed by atoms with Crippen molar-refractivity contribution in [2.75, 3.05) is 10.6 Å². The number of carboxylic acid groups (broad SMARTS) is 1. The molecule has 0 bridgehead atoms. The van der Waals surface area contributed by atoms with Crippen LogP contribution in [0.4, 0.5) is 11.4 Å². The van der Waals surface area contributed by atoms with E-state index in [1.807, 2.05) is 0 Å². The van der Waals surface area contributed by atoms with E-state index in [9.17, 15) is 14.4 Å². The third-order valence-corrected chi connectivity index (χ3v) is 2.18. The normalized spacial score (nSPS) is 10.2. The molecule has 3 N–H and O–H groups in total. The van der Waals surface area contributed by atoms with Crippen molar-refractivity contribution in [1.82, 2.24) is 0 Å². The lowest BCUT2D eigenvalue weighted by atomic mass is 10.1. The number of aryl methyl sites for hydroxylation is 1. The molecule has 0 atom stereocenters. The van der Waals surface area contributed by atoms with Crippen LogP contribution >= 0.6 is 0 Å². The third-order valence-electron chi connectivity index (χ3n) is 2.18. The van der Waals surface area contributed by atoms with Crippen LogP contribution in [0.3, 0.4) is 0 Å². The fraction of sp³-hybridized carbons (Fsp3) is 0.154. The van der Waals surface area contributed by atoms with Crippen LogP contribution in [-0.4, -0.2) is 22.9 Å². The summed E-state index contributed by atoms with van der Waals surface area (Å²) < 4.78 is 0. The smallest absolute Gasteiger partial charge is 0.328 e. The Bertz CT molecular complexity index is 550. The zero-order valence-corrected chi connectivity index (χ0v) is 10.6. The number of amides is 2. The molecule has 0 saturated heterocycles. The molecule has 0 aliphatic heterocycles. The summed E-state index contributed by atoms with van der Waals surface area (Å²) in [4.78, 5) is 32.5. The topological polar surface area (TPSA) is 95.5 Å². The first-order chi connectivity index (χ1) is 8.88. The first-order valence-electron chi connectivity index (χ1n) is 5.48. The van der Waals surface area contributed by atoms with Crippen molar-refractivity contribution in [3.8, 4) is 0 Å². The Labute approximate surface area is 110 Å². The predicted octanol–water partition coefficient (Wildman–Crippen LogP) is 1.53. The molecule has 6 heteroatoms. The van der Waals surface area contributed by atoms with Crippen molar-refractivity contribution in [2.24, 2.45) is 0 Å². The number of hydrogen-bond acceptors (Lipinski definition) is 3. The van der Waals surface area contributed by atoms with Gasteiger partial charge in [-0.3, -0.25) is 9.59 Å². The molecule has 0 heterocycles. The van der Waals surface area contributed by atoms with Crippen molar-refractivity contribution >= 4 is 29.2 Å². The zero-order valence-electron chi connectivity index (χ0n) is 10.6. The van der Waals surface area contributed by atoms with Crippen LogP contribution in [0.1, 0.15) is 12.5 Å². The maximum Gasteiger partial charge on any atom is 0.328 e. The second kappa shape index (κ2) is 6.34. The standard InChI is InChI=1S/C13H14N2O4/c1-8-7-10(3-4-11(8)14-9(2)16)15-12(17)5-6-13(18)19/h3-7H,1-2H3,(H,14,16)(H,15,17)(H,18,19). The Morgan fingerprint density at radius 3 is 2.37 bits per heavy atom. The quantitative estimate of drug-likeness (QED) is 0.717. The van der Waals surface area contributed by atoms with Crippen molar-refractivity contribution in [1.29, 1.82) is 0 Å². The molecule has 1 aromatic rings. The Morgan fingerprint density at radius 1 is 1.16 bits per heavy atom. The zero-order chi connectivity index (χ0) is 14.4. The molecule has 1 aromatic carbocycles. The summed E-state index contributed by atoms with van der Waals surface area (Å²) in [6, 6.07) is 4.95. The summed E-state index contributed by atoms with van der Waals surface area (Å²) in [5, 5.41) is 13.6. The predicted molar refractivity (Wildman–Crippen MR) is 70.9 cm³/mol. The van der Waals surface area contributed by atoms with Gasteiger partial charge >= 0.3 is 5.97 Å². The highest BCUT2D eigenvalue weighted by atomic mass is 16.4. The first kappa shape index (κ1) is 14.4. The van der Waals surface area contributed by atoms with Gasteiger partial charge in [-0.1, -0.05) is 0 Å². The average molecular weight is 262 g/mol. The number of carboxylic acids is 1. The fourth-order valence-electron chi connectivity index (χ4n) is 1.40. The summed E-state index contributed by atoms with van der Waals surface area (Å²) in [7, 11) is 0. The van der Waals surface area contributed by atoms with E-state index in [-0.39, 0.29) is 5.91 Å². The molecule has 0 radical (unpaired) electrons. The first-order valence-corrected chi connectivity index (χ1v) is 5.48. The summed E-state index contributed by atoms with van der Waals surface area (Å²) in [5.74, 6) is -1.90. The van der Waals surface area contributed by atoms with E-state index in [1.165, 1.54) is 6.92 Å². The summed E-state index contributed by atoms with van der Waals surface area (Å²) in [6.45, 7) is 3.19. The molecule has 0 unspecified atom stereocenters. The van der Waals surface area contributed by atoms with Gasteiger partial charge in [0.15, 0.2) is 0 Å². The number of aliphatic carboxylic acids is 1. The van der Waals surface area contributed by atoms with Crippen LogP contribution < -0.4 is 10.6 Å². The van der Waals surface area contributed by atoms with Crippen molar-refractivity contribution < 1.29 is 19.5 Å². The molecule has 0 aliphatic carbocycles. The summed E-state index contributed by atoms with van der Waals surface area (Å²) in [5.41, 5.74) is 1.97. The van der Waals surface area contributed by atoms with E-state index < -0.39 is 11.9 Å². The molecule has 0 aliphatic rings. The van der Waals surface area contributed by atoms with Crippen molar-refractivity contribution in [3.05, 3.63) is 35.9 Å². The van der Waals surface area contributed by atoms with E-state index in [2.05, 4.69) is 10.6 Å². The Morgan fingerprint density at radius 2 is 1.84 bits per heavy atom. The minimum atomic E-state index is -1.19. The Kier molecular flexibility index (Phi) is 4.82. The molecule has 19 heavy (non-hydrogen) atoms. The second-order valence-corrected chi connectivity index (χ2v) is 3.87. The number of anilines is 2. The molecule has 0 aromatic heterocycles. The molecule has 2 amide bonds. The average Bonchev–Trinajstić information content (AvgIpc) is 2.29. The van der Waals surface area contributed by atoms with E-state index in [0.717, 1.165) is 17.7 Å². The Balaban J connectivity index is 2.76. The molecule has 0 saturated carbocycles. The lowest BCUT2D eigenvalue weighted by Crippen LogP contribution is -2.10. The largest absolute Gasteiger partial charge is 0.478 e. The van der Waals surface area contributed by atoms with Crippen LogP contribution in [0.25, 0.3) is 0 Å². The molecule has 6 nitrogen and oxygen atoms in total. The highest BCUT2D eigenvalue weighted by Gasteiger charge is 2.03. The van der Waals surface area contributed by atoms with Crippen molar-refractivity contribution in [3.63, 3.8) is 0 Å². The van der Waals surface area contributed by atoms with Gasteiger partial charge in [0.1, 0.15) is 0 Å². The van der Waals surface area contributed by atoms with Gasteiger partial charge in [-0.15, -0.1) is 0 Å². The molecule has 0 spiro atoms. The van der Waals surface area contributed by atoms with Crippen LogP contribution in [0.5, 0.6) is 0 Å². The van der Waals surface area contributed by atoms with Crippen LogP contribution in [0.2, 0.25) is 0 Å². The van der Waals surface area contributed by atoms with Crippen LogP contribution in [0.15, 0.2) is 30.4 Å². The number of benzene rings is 1. The number of nitrogens with one attached hydrogen (secondary N) is 2. The van der Waals surface area contributed by atoms with Gasteiger partial charge in [0.2, 0.25) is 11.8 Å². The SMILES string of the molecule is CC(=O)Nc1ccc(NC(=O)C=CC(=O)O)cc1C. The van der Waals surface area contributed by atoms with E-state index in [0.29, 0.717) is 11.4 Å². The molecular formula is C13H14N2O4. The monoisotopic (exact) mass is 262 g/mol. The molecule has 100 valence electrons. The van der Waals surface area contributed by atoms with Gasteiger partial charge in [-0.2, -0.15) is 0 Å². The third kappa shape index (κ3) is 5.03. The number of carbonyl (C=O) groups excluding carboxylic acids is 2. The van der Waals surface area contributed by atoms with Gasteiger partial charge in [0.05, 0.1) is 0 Å². The van der Waals surface area contributed by atoms with Crippen LogP contribution in [-0.2, 0) is 14.4 Å². The summed E-state index contributed by atoms with van der Waals surface area (Å²) >= 11 is 0. The number of carbonyl (C=O) groups is 3. The highest BCUT2D eigenvalue weighted by Crippen LogP contribution is 2.19. The number of hydrogen-bond donors (Lipinski definition) is 3. The van der Waals surface area contributed by atoms with E-state index in [4.69, 9.17) is 5.11 Å². The van der Waals surface area contributed by atoms with E-state index >= 15 is 0 Å². The van der Waals surface area contributed by atoms with Gasteiger partial charge in [-0.05, 0) is 30.7 Å². The Hall–Kier alpha value is -2.63.